The highest BCUT2D eigenvalue weighted by molar-refractivity contribution is 7.00. The maximum absolute atomic E-state index is 13.4. The summed E-state index contributed by atoms with van der Waals surface area (Å²) < 4.78 is 20.7. The Morgan fingerprint density at radius 1 is 0.760 bits per heavy atom. The number of benzene rings is 4. The van der Waals surface area contributed by atoms with Gasteiger partial charge in [0.2, 0.25) is 11.8 Å². The Labute approximate surface area is 296 Å². The van der Waals surface area contributed by atoms with E-state index in [1.165, 1.54) is 0 Å². The minimum absolute atomic E-state index is 0.182. The molecule has 0 radical (unpaired) electrons. The van der Waals surface area contributed by atoms with Crippen molar-refractivity contribution >= 4 is 35.7 Å². The smallest absolute Gasteiger partial charge is 0.418 e. The summed E-state index contributed by atoms with van der Waals surface area (Å²) in [5.41, 5.74) is 3.98. The Balaban J connectivity index is 1.45. The molecule has 0 spiro atoms. The van der Waals surface area contributed by atoms with Gasteiger partial charge in [-0.1, -0.05) is 144 Å². The maximum Gasteiger partial charge on any atom is 0.418 e. The van der Waals surface area contributed by atoms with Crippen LogP contribution in [0.25, 0.3) is 10.9 Å². The van der Waals surface area contributed by atoms with Gasteiger partial charge in [0.05, 0.1) is 12.6 Å². The molecule has 4 aromatic carbocycles. The van der Waals surface area contributed by atoms with Crippen LogP contribution in [0.15, 0.2) is 121 Å². The summed E-state index contributed by atoms with van der Waals surface area (Å²) in [6.07, 6.45) is 2.43. The van der Waals surface area contributed by atoms with E-state index in [9.17, 15) is 4.79 Å². The van der Waals surface area contributed by atoms with Crippen LogP contribution in [-0.2, 0) is 24.2 Å². The van der Waals surface area contributed by atoms with Gasteiger partial charge in [0.25, 0.3) is 0 Å². The molecule has 8 heteroatoms. The summed E-state index contributed by atoms with van der Waals surface area (Å²) >= 11 is 0. The molecule has 7 nitrogen and oxygen atoms in total. The zero-order valence-electron chi connectivity index (χ0n) is 29.7. The first-order chi connectivity index (χ1) is 24.1. The molecular weight excluding hydrogens is 639 g/mol. The fourth-order valence-electron chi connectivity index (χ4n) is 6.66. The first-order valence-corrected chi connectivity index (χ1v) is 19.1. The minimum atomic E-state index is -3.02. The lowest BCUT2D eigenvalue weighted by Gasteiger charge is -2.42. The second kappa shape index (κ2) is 14.7. The lowest BCUT2D eigenvalue weighted by atomic mass is 10.1. The molecule has 6 aromatic rings. The van der Waals surface area contributed by atoms with Crippen molar-refractivity contribution in [1.82, 2.24) is 14.5 Å². The summed E-state index contributed by atoms with van der Waals surface area (Å²) in [6, 6.07) is 38.6. The summed E-state index contributed by atoms with van der Waals surface area (Å²) in [5, 5.41) is 2.98. The molecule has 256 valence electrons. The van der Waals surface area contributed by atoms with Crippen LogP contribution in [0.2, 0.25) is 5.04 Å². The molecule has 2 aromatic heterocycles. The van der Waals surface area contributed by atoms with E-state index in [-0.39, 0.29) is 11.6 Å². The fourth-order valence-corrected chi connectivity index (χ4v) is 11.0. The van der Waals surface area contributed by atoms with Crippen molar-refractivity contribution in [3.8, 4) is 11.8 Å². The highest BCUT2D eigenvalue weighted by Crippen LogP contribution is 2.39. The van der Waals surface area contributed by atoms with Crippen LogP contribution in [-0.4, -0.2) is 36.1 Å². The number of carbonyl (C=O) groups excluding carboxylic acids is 1. The van der Waals surface area contributed by atoms with E-state index in [2.05, 4.69) is 83.1 Å². The Morgan fingerprint density at radius 2 is 1.32 bits per heavy atom. The first kappa shape index (κ1) is 34.6. The number of fused-ring (bicyclic) bond motifs is 1. The third kappa shape index (κ3) is 7.07. The molecule has 0 saturated carbocycles. The van der Waals surface area contributed by atoms with Crippen molar-refractivity contribution in [2.45, 2.75) is 59.1 Å². The number of carbonyl (C=O) groups is 1. The van der Waals surface area contributed by atoms with Gasteiger partial charge in [-0.25, -0.2) is 14.8 Å². The summed E-state index contributed by atoms with van der Waals surface area (Å²) in [6.45, 7) is 11.3. The van der Waals surface area contributed by atoms with Crippen LogP contribution < -0.4 is 19.5 Å². The number of rotatable bonds is 11. The van der Waals surface area contributed by atoms with Gasteiger partial charge in [0, 0.05) is 18.0 Å². The standard InChI is InChI=1S/C42H45N3O4Si/c1-30(2)26-36-40(49-50(42(3,4)5,33-20-12-8-13-21-33)34-22-14-9-15-23-34)44-37(39(43-36)47-6)27-32-28-45(38-25-17-16-24-35(32)38)41(46)48-29-31-18-10-7-11-19-31/h7-25,28,30H,26-27,29H2,1-6H3. The highest BCUT2D eigenvalue weighted by Gasteiger charge is 2.52. The van der Waals surface area contributed by atoms with Gasteiger partial charge in [-0.15, -0.1) is 0 Å². The molecule has 0 aliphatic rings. The Bertz CT molecular complexity index is 2020. The maximum atomic E-state index is 13.4. The lowest BCUT2D eigenvalue weighted by molar-refractivity contribution is 0.142. The minimum Gasteiger partial charge on any atom is -0.520 e. The Morgan fingerprint density at radius 3 is 1.90 bits per heavy atom. The Kier molecular flexibility index (Phi) is 10.2. The van der Waals surface area contributed by atoms with E-state index in [1.807, 2.05) is 72.9 Å². The van der Waals surface area contributed by atoms with Crippen molar-refractivity contribution in [2.75, 3.05) is 7.11 Å². The molecule has 0 bridgehead atoms. The largest absolute Gasteiger partial charge is 0.520 e. The van der Waals surface area contributed by atoms with Gasteiger partial charge in [0.15, 0.2) is 0 Å². The molecule has 0 fully saturated rings. The lowest BCUT2D eigenvalue weighted by Crippen LogP contribution is -2.69. The predicted octanol–water partition coefficient (Wildman–Crippen LogP) is 8.35. The van der Waals surface area contributed by atoms with E-state index in [0.29, 0.717) is 36.2 Å². The number of methoxy groups -OCH3 is 1. The van der Waals surface area contributed by atoms with Crippen LogP contribution in [0.1, 0.15) is 57.1 Å². The highest BCUT2D eigenvalue weighted by atomic mass is 28.4. The third-order valence-corrected chi connectivity index (χ3v) is 13.9. The van der Waals surface area contributed by atoms with Gasteiger partial charge in [0.1, 0.15) is 18.0 Å². The monoisotopic (exact) mass is 683 g/mol. The van der Waals surface area contributed by atoms with Gasteiger partial charge in [-0.2, -0.15) is 0 Å². The van der Waals surface area contributed by atoms with Crippen LogP contribution in [0.4, 0.5) is 4.79 Å². The third-order valence-electron chi connectivity index (χ3n) is 8.98. The molecule has 0 aliphatic carbocycles. The van der Waals surface area contributed by atoms with Gasteiger partial charge in [-0.3, -0.25) is 4.57 Å². The van der Waals surface area contributed by atoms with Crippen molar-refractivity contribution in [1.29, 1.82) is 0 Å². The Hall–Kier alpha value is -5.21. The van der Waals surface area contributed by atoms with E-state index in [1.54, 1.807) is 11.7 Å². The summed E-state index contributed by atoms with van der Waals surface area (Å²) in [5.74, 6) is 1.27. The molecule has 0 atom stereocenters. The molecule has 0 aliphatic heterocycles. The molecular formula is C42H45N3O4Si. The number of para-hydroxylation sites is 1. The summed E-state index contributed by atoms with van der Waals surface area (Å²) in [7, 11) is -1.39. The molecule has 0 unspecified atom stereocenters. The molecule has 6 rings (SSSR count). The molecule has 0 amide bonds. The number of aromatic nitrogens is 3. The number of hydrogen-bond donors (Lipinski definition) is 0. The van der Waals surface area contributed by atoms with Crippen molar-refractivity contribution < 1.29 is 18.7 Å². The van der Waals surface area contributed by atoms with E-state index in [4.69, 9.17) is 23.9 Å². The van der Waals surface area contributed by atoms with Crippen LogP contribution >= 0.6 is 0 Å². The average Bonchev–Trinajstić information content (AvgIpc) is 3.49. The average molecular weight is 684 g/mol. The normalized spacial score (nSPS) is 11.9. The van der Waals surface area contributed by atoms with E-state index in [0.717, 1.165) is 38.1 Å². The van der Waals surface area contributed by atoms with Gasteiger partial charge >= 0.3 is 14.4 Å². The number of ether oxygens (including phenoxy) is 2. The van der Waals surface area contributed by atoms with Crippen LogP contribution in [0.5, 0.6) is 11.8 Å². The fraction of sp³-hybridized carbons (Fsp3) is 0.262. The van der Waals surface area contributed by atoms with Crippen molar-refractivity contribution in [2.24, 2.45) is 5.92 Å². The molecule has 0 N–H and O–H groups in total. The second-order valence-corrected chi connectivity index (χ2v) is 18.3. The molecule has 50 heavy (non-hydrogen) atoms. The zero-order valence-corrected chi connectivity index (χ0v) is 30.7. The number of nitrogens with zero attached hydrogens (tertiary/aromatic N) is 3. The van der Waals surface area contributed by atoms with Crippen LogP contribution in [0, 0.1) is 5.92 Å². The topological polar surface area (TPSA) is 75.5 Å². The molecule has 0 saturated heterocycles. The summed E-state index contributed by atoms with van der Waals surface area (Å²) in [4.78, 5) is 23.8. The quantitative estimate of drug-likeness (QED) is 0.128. The van der Waals surface area contributed by atoms with E-state index < -0.39 is 14.4 Å². The second-order valence-electron chi connectivity index (χ2n) is 14.1. The zero-order chi connectivity index (χ0) is 35.3. The van der Waals surface area contributed by atoms with Crippen molar-refractivity contribution in [3.05, 3.63) is 144 Å². The van der Waals surface area contributed by atoms with Crippen molar-refractivity contribution in [3.63, 3.8) is 0 Å². The van der Waals surface area contributed by atoms with Crippen LogP contribution in [0.3, 0.4) is 0 Å². The first-order valence-electron chi connectivity index (χ1n) is 17.1. The van der Waals surface area contributed by atoms with Gasteiger partial charge in [-0.05, 0) is 44.9 Å². The SMILES string of the molecule is COc1nc(CC(C)C)c(O[Si](c2ccccc2)(c2ccccc2)C(C)(C)C)nc1Cc1cn(C(=O)OCc2ccccc2)c2ccccc12. The van der Waals surface area contributed by atoms with E-state index >= 15 is 0 Å². The number of hydrogen-bond acceptors (Lipinski definition) is 6. The predicted molar refractivity (Wildman–Crippen MR) is 202 cm³/mol. The van der Waals surface area contributed by atoms with Gasteiger partial charge < -0.3 is 13.9 Å². The molecule has 2 heterocycles.